The summed E-state index contributed by atoms with van der Waals surface area (Å²) in [5, 5.41) is 4.86. The van der Waals surface area contributed by atoms with E-state index in [1.807, 2.05) is 26.0 Å². The molecule has 3 N–H and O–H groups in total. The summed E-state index contributed by atoms with van der Waals surface area (Å²) in [7, 11) is -3.94. The van der Waals surface area contributed by atoms with Gasteiger partial charge in [0.25, 0.3) is 5.91 Å². The quantitative estimate of drug-likeness (QED) is 0.360. The molecule has 1 aromatic rings. The molecular weight excluding hydrogens is 715 g/mol. The van der Waals surface area contributed by atoms with Crippen LogP contribution in [0.25, 0.3) is 0 Å². The number of hydrogen-bond acceptors (Lipinski definition) is 9. The molecule has 15 heteroatoms. The lowest BCUT2D eigenvalue weighted by molar-refractivity contribution is -0.142. The Labute approximate surface area is 318 Å². The number of nitrogens with zero attached hydrogens (tertiary/aromatic N) is 2. The zero-order valence-corrected chi connectivity index (χ0v) is 33.1. The first-order valence-corrected chi connectivity index (χ1v) is 20.7. The van der Waals surface area contributed by atoms with Gasteiger partial charge in [-0.15, -0.1) is 0 Å². The van der Waals surface area contributed by atoms with Gasteiger partial charge >= 0.3 is 12.2 Å². The van der Waals surface area contributed by atoms with Gasteiger partial charge in [0.1, 0.15) is 23.7 Å². The Morgan fingerprint density at radius 2 is 1.78 bits per heavy atom. The molecule has 1 aromatic carbocycles. The summed E-state index contributed by atoms with van der Waals surface area (Å²) in [6.07, 6.45) is 2.41. The smallest absolute Gasteiger partial charge is 0.410 e. The second-order valence-electron chi connectivity index (χ2n) is 17.5. The van der Waals surface area contributed by atoms with Crippen LogP contribution in [0.15, 0.2) is 30.4 Å². The lowest BCUT2D eigenvalue weighted by atomic mass is 9.85. The summed E-state index contributed by atoms with van der Waals surface area (Å²) in [4.78, 5) is 72.4. The average molecular weight is 770 g/mol. The molecule has 14 nitrogen and oxygen atoms in total. The van der Waals surface area contributed by atoms with Crippen molar-refractivity contribution in [2.24, 2.45) is 16.7 Å². The van der Waals surface area contributed by atoms with Gasteiger partial charge in [0.15, 0.2) is 0 Å². The van der Waals surface area contributed by atoms with Crippen molar-refractivity contribution in [2.75, 3.05) is 13.2 Å². The molecule has 2 aliphatic carbocycles. The number of rotatable bonds is 6. The van der Waals surface area contributed by atoms with Crippen molar-refractivity contribution in [3.05, 3.63) is 47.0 Å². The maximum atomic E-state index is 14.5. The van der Waals surface area contributed by atoms with Crippen LogP contribution in [0.2, 0.25) is 0 Å². The second-order valence-corrected chi connectivity index (χ2v) is 19.5. The third kappa shape index (κ3) is 7.97. The molecular formula is C39H55N5O9S. The number of fused-ring (bicyclic) bond motifs is 3. The van der Waals surface area contributed by atoms with Gasteiger partial charge in [-0.25, -0.2) is 18.0 Å². The van der Waals surface area contributed by atoms with Gasteiger partial charge in [0.2, 0.25) is 21.8 Å². The zero-order valence-electron chi connectivity index (χ0n) is 32.3. The van der Waals surface area contributed by atoms with Crippen LogP contribution < -0.4 is 15.4 Å². The molecule has 5 amide bonds. The number of sulfonamides is 1. The van der Waals surface area contributed by atoms with Crippen LogP contribution in [0, 0.1) is 16.7 Å². The Morgan fingerprint density at radius 1 is 1.07 bits per heavy atom. The van der Waals surface area contributed by atoms with E-state index < -0.39 is 80.2 Å². The summed E-state index contributed by atoms with van der Waals surface area (Å²) in [6.45, 7) is 15.9. The van der Waals surface area contributed by atoms with Crippen molar-refractivity contribution in [2.45, 2.75) is 135 Å². The SMILES string of the molecule is C=C1C(CC)C1(NC(=O)C1CC2CN1C(=O)C(C(C)(C)C)NC(=O)OCC(C)(C)CCCCc1cccc3c1CN(C3)C(=O)O2)C(=O)NS(=O)(=O)C1CC1. The fraction of sp³-hybridized carbons (Fsp3) is 0.667. The largest absolute Gasteiger partial charge is 0.449 e. The fourth-order valence-corrected chi connectivity index (χ4v) is 9.50. The number of benzene rings is 1. The monoisotopic (exact) mass is 769 g/mol. The van der Waals surface area contributed by atoms with E-state index in [2.05, 4.69) is 28.0 Å². The van der Waals surface area contributed by atoms with Gasteiger partial charge in [-0.2, -0.15) is 0 Å². The van der Waals surface area contributed by atoms with Crippen LogP contribution >= 0.6 is 0 Å². The first-order valence-electron chi connectivity index (χ1n) is 19.1. The lowest BCUT2D eigenvalue weighted by Gasteiger charge is -2.35. The molecule has 1 saturated heterocycles. The highest BCUT2D eigenvalue weighted by molar-refractivity contribution is 7.91. The van der Waals surface area contributed by atoms with E-state index in [-0.39, 0.29) is 25.0 Å². The Hall–Kier alpha value is -4.14. The van der Waals surface area contributed by atoms with Crippen molar-refractivity contribution < 1.29 is 41.9 Å². The van der Waals surface area contributed by atoms with Crippen LogP contribution in [0.5, 0.6) is 0 Å². The molecule has 54 heavy (non-hydrogen) atoms. The maximum Gasteiger partial charge on any atom is 0.410 e. The molecule has 3 heterocycles. The van der Waals surface area contributed by atoms with E-state index in [1.54, 1.807) is 32.6 Å². The van der Waals surface area contributed by atoms with Crippen LogP contribution in [0.1, 0.15) is 103 Å². The highest BCUT2D eigenvalue weighted by Gasteiger charge is 2.66. The topological polar surface area (TPSA) is 181 Å². The van der Waals surface area contributed by atoms with Crippen molar-refractivity contribution in [3.63, 3.8) is 0 Å². The number of ether oxygens (including phenoxy) is 2. The van der Waals surface area contributed by atoms with Gasteiger partial charge < -0.3 is 25.0 Å². The number of cyclic esters (lactones) is 1. The number of nitrogens with one attached hydrogen (secondary N) is 3. The number of carbonyl (C=O) groups excluding carboxylic acids is 5. The van der Waals surface area contributed by atoms with Crippen LogP contribution in [0.3, 0.4) is 0 Å². The van der Waals surface area contributed by atoms with Gasteiger partial charge in [-0.3, -0.25) is 24.0 Å². The van der Waals surface area contributed by atoms with E-state index in [1.165, 1.54) is 10.5 Å². The molecule has 5 atom stereocenters. The van der Waals surface area contributed by atoms with E-state index in [0.717, 1.165) is 36.8 Å². The molecule has 296 valence electrons. The number of aryl methyl sites for hydroxylation is 1. The van der Waals surface area contributed by atoms with Gasteiger partial charge in [0.05, 0.1) is 18.4 Å². The minimum absolute atomic E-state index is 0.0911. The van der Waals surface area contributed by atoms with E-state index >= 15 is 0 Å². The number of amides is 5. The molecule has 4 bridgehead atoms. The second kappa shape index (κ2) is 14.5. The van der Waals surface area contributed by atoms with Crippen LogP contribution in [-0.2, 0) is 53.4 Å². The Morgan fingerprint density at radius 3 is 2.43 bits per heavy atom. The highest BCUT2D eigenvalue weighted by atomic mass is 32.2. The Balaban J connectivity index is 1.30. The standard InChI is InChI=1S/C39H55N5O9S/c1-8-29-23(2)39(29,34(47)42-54(50,51)27-15-16-27)41-32(45)30-18-26-20-44(30)33(46)31(37(3,4)5)40-35(48)52-22-38(6,7)17-10-9-12-24-13-11-14-25-19-43(21-28(24)25)36(49)53-26/h11,13-14,26-27,29-31H,2,8-10,12,15-22H2,1,3-7H3,(H,40,48)(H,41,45)(H,42,47). The Kier molecular flexibility index (Phi) is 10.6. The number of carbonyl (C=O) groups is 5. The molecule has 3 aliphatic heterocycles. The number of alkyl carbamates (subject to hydrolysis) is 1. The minimum atomic E-state index is -3.94. The van der Waals surface area contributed by atoms with Gasteiger partial charge in [-0.1, -0.05) is 72.7 Å². The summed E-state index contributed by atoms with van der Waals surface area (Å²) < 4.78 is 39.4. The summed E-state index contributed by atoms with van der Waals surface area (Å²) in [6, 6.07) is 3.71. The van der Waals surface area contributed by atoms with E-state index in [0.29, 0.717) is 37.9 Å². The first kappa shape index (κ1) is 39.6. The zero-order chi connectivity index (χ0) is 39.4. The summed E-state index contributed by atoms with van der Waals surface area (Å²) in [5.74, 6) is -2.75. The highest BCUT2D eigenvalue weighted by Crippen LogP contribution is 2.51. The van der Waals surface area contributed by atoms with Crippen molar-refractivity contribution in [1.82, 2.24) is 25.2 Å². The van der Waals surface area contributed by atoms with E-state index in [4.69, 9.17) is 9.47 Å². The van der Waals surface area contributed by atoms with Crippen molar-refractivity contribution in [3.8, 4) is 0 Å². The molecule has 5 aliphatic rings. The predicted octanol–water partition coefficient (Wildman–Crippen LogP) is 4.06. The van der Waals surface area contributed by atoms with Crippen molar-refractivity contribution >= 4 is 39.9 Å². The molecule has 5 unspecified atom stereocenters. The minimum Gasteiger partial charge on any atom is -0.449 e. The molecule has 2 saturated carbocycles. The van der Waals surface area contributed by atoms with Gasteiger partial charge in [0, 0.05) is 25.4 Å². The summed E-state index contributed by atoms with van der Waals surface area (Å²) >= 11 is 0. The van der Waals surface area contributed by atoms with Crippen LogP contribution in [0.4, 0.5) is 9.59 Å². The third-order valence-corrected chi connectivity index (χ3v) is 13.4. The molecule has 0 radical (unpaired) electrons. The maximum absolute atomic E-state index is 14.5. The average Bonchev–Trinajstić information content (AvgIpc) is 3.93. The lowest BCUT2D eigenvalue weighted by Crippen LogP contribution is -2.60. The molecule has 6 rings (SSSR count). The third-order valence-electron chi connectivity index (χ3n) is 11.6. The molecule has 0 aromatic heterocycles. The molecule has 0 spiro atoms. The summed E-state index contributed by atoms with van der Waals surface area (Å²) in [5.41, 5.74) is 0.809. The van der Waals surface area contributed by atoms with E-state index in [9.17, 15) is 32.4 Å². The normalized spacial score (nSPS) is 29.1. The van der Waals surface area contributed by atoms with Crippen molar-refractivity contribution in [1.29, 1.82) is 0 Å². The first-order chi connectivity index (χ1) is 25.3. The molecule has 3 fully saturated rings. The Bertz CT molecular complexity index is 1830. The van der Waals surface area contributed by atoms with Crippen LogP contribution in [-0.4, -0.2) is 90.3 Å². The number of hydrogen-bond donors (Lipinski definition) is 3. The predicted molar refractivity (Wildman–Crippen MR) is 199 cm³/mol. The van der Waals surface area contributed by atoms with Gasteiger partial charge in [-0.05, 0) is 71.6 Å². The fourth-order valence-electron chi connectivity index (χ4n) is 8.16.